The van der Waals surface area contributed by atoms with E-state index in [9.17, 15) is 5.11 Å². The lowest BCUT2D eigenvalue weighted by Crippen LogP contribution is -2.50. The largest absolute Gasteiger partial charge is 0.396 e. The minimum Gasteiger partial charge on any atom is -0.396 e. The smallest absolute Gasteiger partial charge is 0.0474 e. The van der Waals surface area contributed by atoms with Crippen molar-refractivity contribution in [3.05, 3.63) is 0 Å². The second-order valence-corrected chi connectivity index (χ2v) is 4.23. The zero-order valence-corrected chi connectivity index (χ0v) is 8.21. The quantitative estimate of drug-likeness (QED) is 0.636. The van der Waals surface area contributed by atoms with Gasteiger partial charge in [-0.15, -0.1) is 0 Å². The number of hydrogen-bond donors (Lipinski definition) is 2. The zero-order valence-electron chi connectivity index (χ0n) is 8.21. The van der Waals surface area contributed by atoms with Crippen LogP contribution in [-0.2, 0) is 0 Å². The van der Waals surface area contributed by atoms with Gasteiger partial charge in [-0.05, 0) is 18.8 Å². The molecule has 3 nitrogen and oxygen atoms in total. The molecule has 0 unspecified atom stereocenters. The third-order valence-corrected chi connectivity index (χ3v) is 3.47. The fraction of sp³-hybridized carbons (Fsp3) is 1.00. The summed E-state index contributed by atoms with van der Waals surface area (Å²) in [5, 5.41) is 12.6. The van der Waals surface area contributed by atoms with Gasteiger partial charge in [0, 0.05) is 38.8 Å². The van der Waals surface area contributed by atoms with Crippen LogP contribution in [0.1, 0.15) is 19.3 Å². The summed E-state index contributed by atoms with van der Waals surface area (Å²) in [6.45, 7) is 4.96. The van der Waals surface area contributed by atoms with E-state index in [-0.39, 0.29) is 0 Å². The van der Waals surface area contributed by atoms with Crippen molar-refractivity contribution in [3.8, 4) is 0 Å². The molecule has 2 N–H and O–H groups in total. The molecule has 2 atom stereocenters. The van der Waals surface area contributed by atoms with Gasteiger partial charge < -0.3 is 10.4 Å². The summed E-state index contributed by atoms with van der Waals surface area (Å²) >= 11 is 0. The molecule has 0 spiro atoms. The fourth-order valence-electron chi connectivity index (χ4n) is 2.72. The van der Waals surface area contributed by atoms with Gasteiger partial charge in [-0.3, -0.25) is 4.90 Å². The Kier molecular flexibility index (Phi) is 3.19. The van der Waals surface area contributed by atoms with E-state index in [2.05, 4.69) is 10.2 Å². The van der Waals surface area contributed by atoms with Gasteiger partial charge in [0.1, 0.15) is 0 Å². The molecule has 3 heteroatoms. The molecule has 0 radical (unpaired) electrons. The van der Waals surface area contributed by atoms with Crippen LogP contribution in [0.25, 0.3) is 0 Å². The number of nitrogens with zero attached hydrogens (tertiary/aromatic N) is 1. The molecule has 1 aliphatic carbocycles. The first-order valence-corrected chi connectivity index (χ1v) is 5.47. The molecular formula is C10H20N2O. The van der Waals surface area contributed by atoms with Crippen LogP contribution in [0.3, 0.4) is 0 Å². The first kappa shape index (κ1) is 9.44. The van der Waals surface area contributed by atoms with Gasteiger partial charge in [0.2, 0.25) is 0 Å². The third kappa shape index (κ3) is 2.03. The normalized spacial score (nSPS) is 36.7. The maximum atomic E-state index is 9.22. The van der Waals surface area contributed by atoms with Crippen molar-refractivity contribution < 1.29 is 5.11 Å². The minimum absolute atomic E-state index is 0.384. The molecule has 0 aromatic carbocycles. The predicted molar refractivity (Wildman–Crippen MR) is 52.7 cm³/mol. The minimum atomic E-state index is 0.384. The number of piperazine rings is 1. The molecule has 2 fully saturated rings. The molecule has 1 aliphatic heterocycles. The van der Waals surface area contributed by atoms with Gasteiger partial charge in [-0.1, -0.05) is 6.42 Å². The lowest BCUT2D eigenvalue weighted by molar-refractivity contribution is 0.105. The molecule has 0 aromatic heterocycles. The van der Waals surface area contributed by atoms with Gasteiger partial charge in [0.25, 0.3) is 0 Å². The SMILES string of the molecule is OC[C@@H]1CCC[C@@H]1N1CCNCC1. The van der Waals surface area contributed by atoms with Gasteiger partial charge in [0.15, 0.2) is 0 Å². The summed E-state index contributed by atoms with van der Waals surface area (Å²) < 4.78 is 0. The van der Waals surface area contributed by atoms with Crippen molar-refractivity contribution in [2.24, 2.45) is 5.92 Å². The van der Waals surface area contributed by atoms with Crippen LogP contribution in [0.2, 0.25) is 0 Å². The van der Waals surface area contributed by atoms with Crippen LogP contribution in [-0.4, -0.2) is 48.8 Å². The maximum Gasteiger partial charge on any atom is 0.0474 e. The molecule has 2 aliphatic rings. The monoisotopic (exact) mass is 184 g/mol. The van der Waals surface area contributed by atoms with E-state index in [0.29, 0.717) is 18.6 Å². The average Bonchev–Trinajstić information content (AvgIpc) is 2.67. The first-order valence-electron chi connectivity index (χ1n) is 5.47. The van der Waals surface area contributed by atoms with Gasteiger partial charge in [-0.2, -0.15) is 0 Å². The van der Waals surface area contributed by atoms with Crippen molar-refractivity contribution in [3.63, 3.8) is 0 Å². The standard InChI is InChI=1S/C10H20N2O/c13-8-9-2-1-3-10(9)12-6-4-11-5-7-12/h9-11,13H,1-8H2/t9-,10-/m0/s1. The Labute approximate surface area is 80.1 Å². The molecule has 76 valence electrons. The van der Waals surface area contributed by atoms with E-state index in [4.69, 9.17) is 0 Å². The Morgan fingerprint density at radius 3 is 2.69 bits per heavy atom. The summed E-state index contributed by atoms with van der Waals surface area (Å²) in [5.74, 6) is 0.554. The second-order valence-electron chi connectivity index (χ2n) is 4.23. The highest BCUT2D eigenvalue weighted by atomic mass is 16.3. The van der Waals surface area contributed by atoms with Crippen LogP contribution < -0.4 is 5.32 Å². The Bertz CT molecular complexity index is 157. The van der Waals surface area contributed by atoms with Crippen molar-refractivity contribution in [2.75, 3.05) is 32.8 Å². The Balaban J connectivity index is 1.90. The van der Waals surface area contributed by atoms with Crippen LogP contribution in [0, 0.1) is 5.92 Å². The average molecular weight is 184 g/mol. The van der Waals surface area contributed by atoms with E-state index < -0.39 is 0 Å². The Morgan fingerprint density at radius 2 is 2.00 bits per heavy atom. The topological polar surface area (TPSA) is 35.5 Å². The number of hydrogen-bond acceptors (Lipinski definition) is 3. The first-order chi connectivity index (χ1) is 6.42. The van der Waals surface area contributed by atoms with Gasteiger partial charge >= 0.3 is 0 Å². The molecule has 2 rings (SSSR count). The Hall–Kier alpha value is -0.120. The third-order valence-electron chi connectivity index (χ3n) is 3.47. The van der Waals surface area contributed by atoms with Crippen molar-refractivity contribution in [1.82, 2.24) is 10.2 Å². The fourth-order valence-corrected chi connectivity index (χ4v) is 2.72. The van der Waals surface area contributed by atoms with Crippen molar-refractivity contribution >= 4 is 0 Å². The molecule has 0 bridgehead atoms. The van der Waals surface area contributed by atoms with Crippen LogP contribution >= 0.6 is 0 Å². The molecule has 13 heavy (non-hydrogen) atoms. The molecule has 1 saturated heterocycles. The number of nitrogens with one attached hydrogen (secondary N) is 1. The molecule has 0 aromatic rings. The van der Waals surface area contributed by atoms with Crippen LogP contribution in [0.5, 0.6) is 0 Å². The Morgan fingerprint density at radius 1 is 1.23 bits per heavy atom. The predicted octanol–water partition coefficient (Wildman–Crippen LogP) is 0.0526. The number of rotatable bonds is 2. The van der Waals surface area contributed by atoms with Gasteiger partial charge in [0.05, 0.1) is 0 Å². The highest BCUT2D eigenvalue weighted by Gasteiger charge is 2.31. The van der Waals surface area contributed by atoms with Crippen LogP contribution in [0.4, 0.5) is 0 Å². The van der Waals surface area contributed by atoms with E-state index in [1.165, 1.54) is 32.4 Å². The van der Waals surface area contributed by atoms with Crippen LogP contribution in [0.15, 0.2) is 0 Å². The maximum absolute atomic E-state index is 9.22. The van der Waals surface area contributed by atoms with E-state index in [1.807, 2.05) is 0 Å². The summed E-state index contributed by atoms with van der Waals surface area (Å²) in [7, 11) is 0. The molecule has 1 heterocycles. The van der Waals surface area contributed by atoms with E-state index in [0.717, 1.165) is 13.1 Å². The summed E-state index contributed by atoms with van der Waals surface area (Å²) in [6, 6.07) is 0.673. The molecular weight excluding hydrogens is 164 g/mol. The van der Waals surface area contributed by atoms with E-state index >= 15 is 0 Å². The summed E-state index contributed by atoms with van der Waals surface area (Å²) in [5.41, 5.74) is 0. The number of aliphatic hydroxyl groups excluding tert-OH is 1. The highest BCUT2D eigenvalue weighted by molar-refractivity contribution is 4.86. The molecule has 0 amide bonds. The summed E-state index contributed by atoms with van der Waals surface area (Å²) in [4.78, 5) is 2.56. The lowest BCUT2D eigenvalue weighted by Gasteiger charge is -2.35. The zero-order chi connectivity index (χ0) is 9.10. The summed E-state index contributed by atoms with van der Waals surface area (Å²) in [6.07, 6.45) is 3.83. The lowest BCUT2D eigenvalue weighted by atomic mass is 10.0. The van der Waals surface area contributed by atoms with Crippen molar-refractivity contribution in [1.29, 1.82) is 0 Å². The van der Waals surface area contributed by atoms with E-state index in [1.54, 1.807) is 0 Å². The van der Waals surface area contributed by atoms with Crippen molar-refractivity contribution in [2.45, 2.75) is 25.3 Å². The second kappa shape index (κ2) is 4.40. The molecule has 1 saturated carbocycles. The number of aliphatic hydroxyl groups is 1. The highest BCUT2D eigenvalue weighted by Crippen LogP contribution is 2.29. The van der Waals surface area contributed by atoms with Gasteiger partial charge in [-0.25, -0.2) is 0 Å².